The van der Waals surface area contributed by atoms with Crippen molar-refractivity contribution in [3.05, 3.63) is 41.5 Å². The molecule has 0 saturated carbocycles. The van der Waals surface area contributed by atoms with E-state index in [4.69, 9.17) is 10.2 Å². The van der Waals surface area contributed by atoms with Crippen LogP contribution in [0.2, 0.25) is 0 Å². The second kappa shape index (κ2) is 5.33. The number of nitrogens with zero attached hydrogens (tertiary/aromatic N) is 1. The average molecular weight is 252 g/mol. The van der Waals surface area contributed by atoms with Crippen LogP contribution in [0.3, 0.4) is 0 Å². The minimum atomic E-state index is -0.249. The molecule has 0 amide bonds. The Kier molecular flexibility index (Phi) is 3.81. The summed E-state index contributed by atoms with van der Waals surface area (Å²) in [6, 6.07) is 4.66. The number of halogens is 1. The monoisotopic (exact) mass is 252 g/mol. The summed E-state index contributed by atoms with van der Waals surface area (Å²) in [5.74, 6) is -0.249. The van der Waals surface area contributed by atoms with E-state index in [1.54, 1.807) is 12.3 Å². The number of aromatic nitrogens is 1. The van der Waals surface area contributed by atoms with E-state index in [0.717, 1.165) is 16.2 Å². The first-order valence-electron chi connectivity index (χ1n) is 5.27. The first kappa shape index (κ1) is 12.1. The maximum atomic E-state index is 13.1. The predicted octanol–water partition coefficient (Wildman–Crippen LogP) is 2.77. The van der Waals surface area contributed by atoms with Gasteiger partial charge in [0.2, 0.25) is 0 Å². The van der Waals surface area contributed by atoms with Crippen LogP contribution < -0.4 is 5.73 Å². The molecular formula is C12H13FN2OS. The van der Waals surface area contributed by atoms with Crippen molar-refractivity contribution in [3.8, 4) is 0 Å². The molecule has 2 aromatic rings. The molecule has 3 nitrogen and oxygen atoms in total. The Bertz CT molecular complexity index is 513. The van der Waals surface area contributed by atoms with Crippen molar-refractivity contribution in [2.45, 2.75) is 23.5 Å². The number of hydrogen-bond donors (Lipinski definition) is 1. The van der Waals surface area contributed by atoms with Crippen LogP contribution in [0.5, 0.6) is 0 Å². The van der Waals surface area contributed by atoms with E-state index in [-0.39, 0.29) is 5.82 Å². The minimum absolute atomic E-state index is 0.249. The van der Waals surface area contributed by atoms with Crippen LogP contribution in [0.4, 0.5) is 4.39 Å². The molecular weight excluding hydrogens is 239 g/mol. The zero-order valence-electron chi connectivity index (χ0n) is 9.44. The van der Waals surface area contributed by atoms with Crippen molar-refractivity contribution >= 4 is 11.8 Å². The summed E-state index contributed by atoms with van der Waals surface area (Å²) in [5, 5.41) is 0.562. The SMILES string of the molecule is Cc1coc(Sc2ccc(F)cc2CCN)n1. The molecule has 1 heterocycles. The zero-order chi connectivity index (χ0) is 12.3. The van der Waals surface area contributed by atoms with Crippen LogP contribution in [-0.4, -0.2) is 11.5 Å². The van der Waals surface area contributed by atoms with E-state index in [1.807, 2.05) is 6.92 Å². The molecule has 1 aromatic carbocycles. The summed E-state index contributed by atoms with van der Waals surface area (Å²) >= 11 is 1.38. The fourth-order valence-electron chi connectivity index (χ4n) is 1.47. The quantitative estimate of drug-likeness (QED) is 0.909. The van der Waals surface area contributed by atoms with E-state index >= 15 is 0 Å². The van der Waals surface area contributed by atoms with Crippen molar-refractivity contribution < 1.29 is 8.81 Å². The third kappa shape index (κ3) is 3.08. The summed E-state index contributed by atoms with van der Waals surface area (Å²) in [7, 11) is 0. The third-order valence-corrected chi connectivity index (χ3v) is 3.21. The summed E-state index contributed by atoms with van der Waals surface area (Å²) < 4.78 is 18.4. The van der Waals surface area contributed by atoms with Crippen molar-refractivity contribution in [2.24, 2.45) is 5.73 Å². The largest absolute Gasteiger partial charge is 0.439 e. The first-order chi connectivity index (χ1) is 8.19. The standard InChI is InChI=1S/C12H13FN2OS/c1-8-7-16-12(15-8)17-11-3-2-10(13)6-9(11)4-5-14/h2-3,6-7H,4-5,14H2,1H3. The van der Waals surface area contributed by atoms with E-state index in [1.165, 1.54) is 23.9 Å². The number of aryl methyl sites for hydroxylation is 1. The molecule has 0 unspecified atom stereocenters. The lowest BCUT2D eigenvalue weighted by Crippen LogP contribution is -2.04. The molecule has 0 aliphatic heterocycles. The summed E-state index contributed by atoms with van der Waals surface area (Å²) in [4.78, 5) is 5.13. The Morgan fingerprint density at radius 1 is 1.47 bits per heavy atom. The lowest BCUT2D eigenvalue weighted by atomic mass is 10.1. The van der Waals surface area contributed by atoms with Crippen molar-refractivity contribution in [2.75, 3.05) is 6.54 Å². The second-order valence-corrected chi connectivity index (χ2v) is 4.64. The molecule has 2 rings (SSSR count). The highest BCUT2D eigenvalue weighted by atomic mass is 32.2. The maximum absolute atomic E-state index is 13.1. The van der Waals surface area contributed by atoms with E-state index < -0.39 is 0 Å². The van der Waals surface area contributed by atoms with Gasteiger partial charge in [0.15, 0.2) is 0 Å². The summed E-state index contributed by atoms with van der Waals surface area (Å²) in [6.45, 7) is 2.35. The highest BCUT2D eigenvalue weighted by Gasteiger charge is 2.09. The highest BCUT2D eigenvalue weighted by molar-refractivity contribution is 7.99. The number of oxazole rings is 1. The van der Waals surface area contributed by atoms with Gasteiger partial charge in [-0.05, 0) is 55.4 Å². The van der Waals surface area contributed by atoms with Crippen LogP contribution >= 0.6 is 11.8 Å². The average Bonchev–Trinajstić information content (AvgIpc) is 2.69. The van der Waals surface area contributed by atoms with Gasteiger partial charge in [0.1, 0.15) is 12.1 Å². The van der Waals surface area contributed by atoms with Crippen LogP contribution in [0, 0.1) is 12.7 Å². The van der Waals surface area contributed by atoms with Crippen molar-refractivity contribution in [3.63, 3.8) is 0 Å². The predicted molar refractivity (Wildman–Crippen MR) is 64.5 cm³/mol. The maximum Gasteiger partial charge on any atom is 0.260 e. The van der Waals surface area contributed by atoms with Crippen LogP contribution in [0.1, 0.15) is 11.3 Å². The van der Waals surface area contributed by atoms with Crippen LogP contribution in [-0.2, 0) is 6.42 Å². The number of rotatable bonds is 4. The van der Waals surface area contributed by atoms with Crippen molar-refractivity contribution in [1.29, 1.82) is 0 Å². The molecule has 0 fully saturated rings. The van der Waals surface area contributed by atoms with Gasteiger partial charge in [0.05, 0.1) is 5.69 Å². The Morgan fingerprint density at radius 3 is 2.94 bits per heavy atom. The van der Waals surface area contributed by atoms with Gasteiger partial charge in [-0.25, -0.2) is 9.37 Å². The van der Waals surface area contributed by atoms with E-state index in [0.29, 0.717) is 18.2 Å². The number of benzene rings is 1. The fourth-order valence-corrected chi connectivity index (χ4v) is 2.37. The Balaban J connectivity index is 2.25. The Morgan fingerprint density at radius 2 is 2.29 bits per heavy atom. The third-order valence-electron chi connectivity index (χ3n) is 2.23. The molecule has 90 valence electrons. The van der Waals surface area contributed by atoms with Gasteiger partial charge >= 0.3 is 0 Å². The van der Waals surface area contributed by atoms with Crippen LogP contribution in [0.25, 0.3) is 0 Å². The fraction of sp³-hybridized carbons (Fsp3) is 0.250. The minimum Gasteiger partial charge on any atom is -0.439 e. The first-order valence-corrected chi connectivity index (χ1v) is 6.09. The molecule has 0 radical (unpaired) electrons. The second-order valence-electron chi connectivity index (χ2n) is 3.65. The van der Waals surface area contributed by atoms with E-state index in [2.05, 4.69) is 4.98 Å². The van der Waals surface area contributed by atoms with Gasteiger partial charge in [-0.2, -0.15) is 0 Å². The highest BCUT2D eigenvalue weighted by Crippen LogP contribution is 2.30. The lowest BCUT2D eigenvalue weighted by Gasteiger charge is -2.06. The van der Waals surface area contributed by atoms with Crippen molar-refractivity contribution in [1.82, 2.24) is 4.98 Å². The normalized spacial score (nSPS) is 10.8. The molecule has 5 heteroatoms. The molecule has 0 aliphatic rings. The molecule has 0 bridgehead atoms. The summed E-state index contributed by atoms with van der Waals surface area (Å²) in [6.07, 6.45) is 2.23. The van der Waals surface area contributed by atoms with Gasteiger partial charge in [-0.1, -0.05) is 0 Å². The van der Waals surface area contributed by atoms with Gasteiger partial charge < -0.3 is 10.2 Å². The van der Waals surface area contributed by atoms with E-state index in [9.17, 15) is 4.39 Å². The number of nitrogens with two attached hydrogens (primary N) is 1. The molecule has 2 N–H and O–H groups in total. The van der Waals surface area contributed by atoms with Gasteiger partial charge in [0, 0.05) is 4.90 Å². The molecule has 0 saturated heterocycles. The molecule has 0 aliphatic carbocycles. The molecule has 0 spiro atoms. The topological polar surface area (TPSA) is 52.0 Å². The Hall–Kier alpha value is -1.33. The molecule has 1 aromatic heterocycles. The number of hydrogen-bond acceptors (Lipinski definition) is 4. The van der Waals surface area contributed by atoms with Gasteiger partial charge in [-0.3, -0.25) is 0 Å². The van der Waals surface area contributed by atoms with Crippen LogP contribution in [0.15, 0.2) is 39.0 Å². The molecule has 0 atom stereocenters. The summed E-state index contributed by atoms with van der Waals surface area (Å²) in [5.41, 5.74) is 7.22. The lowest BCUT2D eigenvalue weighted by molar-refractivity contribution is 0.454. The van der Waals surface area contributed by atoms with Gasteiger partial charge in [-0.15, -0.1) is 0 Å². The Labute approximate surface area is 103 Å². The van der Waals surface area contributed by atoms with Gasteiger partial charge in [0.25, 0.3) is 5.22 Å². The smallest absolute Gasteiger partial charge is 0.260 e. The molecule has 17 heavy (non-hydrogen) atoms. The zero-order valence-corrected chi connectivity index (χ0v) is 10.3.